The summed E-state index contributed by atoms with van der Waals surface area (Å²) in [7, 11) is 0. The molecule has 2 aromatic carbocycles. The third kappa shape index (κ3) is 4.08. The molecule has 0 atom stereocenters. The fraction of sp³-hybridized carbons (Fsp3) is 0.100. The van der Waals surface area contributed by atoms with Crippen LogP contribution in [0.5, 0.6) is 0 Å². The number of hydrogen-bond acceptors (Lipinski definition) is 2. The Kier molecular flexibility index (Phi) is 5.32. The average Bonchev–Trinajstić information content (AvgIpc) is 3.07. The Morgan fingerprint density at radius 3 is 2.54 bits per heavy atom. The minimum Gasteiger partial charge on any atom is -0.340 e. The average molecular weight is 415 g/mol. The first-order valence-electron chi connectivity index (χ1n) is 7.95. The largest absolute Gasteiger partial charge is 0.340 e. The van der Waals surface area contributed by atoms with Crippen molar-refractivity contribution in [2.45, 2.75) is 13.5 Å². The zero-order chi connectivity index (χ0) is 18.7. The Hall–Kier alpha value is -2.73. The highest BCUT2D eigenvalue weighted by atomic mass is 79.9. The second-order valence-corrected chi connectivity index (χ2v) is 6.75. The highest BCUT2D eigenvalue weighted by Crippen LogP contribution is 2.20. The standard InChI is InChI=1S/C20H16BrFN2O2/c1-13-11-16(8-9-17(13)21)23-20(26)19(25)18-3-2-10-24(18)12-14-4-6-15(22)7-5-14/h2-11H,12H2,1H3,(H,23,26). The monoisotopic (exact) mass is 414 g/mol. The fourth-order valence-electron chi connectivity index (χ4n) is 2.57. The zero-order valence-corrected chi connectivity index (χ0v) is 15.6. The van der Waals surface area contributed by atoms with Crippen LogP contribution in [0.15, 0.2) is 65.3 Å². The molecule has 0 saturated heterocycles. The molecule has 3 aromatic rings. The Labute approximate surface area is 158 Å². The number of hydrogen-bond donors (Lipinski definition) is 1. The number of ketones is 1. The molecule has 26 heavy (non-hydrogen) atoms. The number of aryl methyl sites for hydroxylation is 1. The second-order valence-electron chi connectivity index (χ2n) is 5.90. The van der Waals surface area contributed by atoms with Gasteiger partial charge in [0.05, 0.1) is 5.69 Å². The van der Waals surface area contributed by atoms with Gasteiger partial charge in [0.25, 0.3) is 11.7 Å². The number of nitrogens with one attached hydrogen (secondary N) is 1. The maximum absolute atomic E-state index is 13.0. The number of Topliss-reactive ketones (excluding diaryl/α,β-unsaturated/α-hetero) is 1. The summed E-state index contributed by atoms with van der Waals surface area (Å²) in [6.07, 6.45) is 1.72. The van der Waals surface area contributed by atoms with Crippen molar-refractivity contribution < 1.29 is 14.0 Å². The summed E-state index contributed by atoms with van der Waals surface area (Å²) in [5, 5.41) is 2.62. The van der Waals surface area contributed by atoms with Gasteiger partial charge in [-0.3, -0.25) is 9.59 Å². The van der Waals surface area contributed by atoms with Gasteiger partial charge in [0.2, 0.25) is 0 Å². The Balaban J connectivity index is 1.75. The first-order chi connectivity index (χ1) is 12.4. The van der Waals surface area contributed by atoms with Gasteiger partial charge in [0.15, 0.2) is 0 Å². The van der Waals surface area contributed by atoms with Crippen LogP contribution in [0.1, 0.15) is 21.6 Å². The van der Waals surface area contributed by atoms with Crippen LogP contribution < -0.4 is 5.32 Å². The molecule has 0 radical (unpaired) electrons. The Morgan fingerprint density at radius 2 is 1.85 bits per heavy atom. The van der Waals surface area contributed by atoms with Crippen LogP contribution in [0, 0.1) is 12.7 Å². The van der Waals surface area contributed by atoms with E-state index >= 15 is 0 Å². The number of anilines is 1. The van der Waals surface area contributed by atoms with Crippen LogP contribution >= 0.6 is 15.9 Å². The third-order valence-electron chi connectivity index (χ3n) is 3.95. The third-order valence-corrected chi connectivity index (χ3v) is 4.84. The maximum atomic E-state index is 13.0. The Bertz CT molecular complexity index is 964. The molecule has 3 rings (SSSR count). The van der Waals surface area contributed by atoms with Crippen molar-refractivity contribution in [2.75, 3.05) is 5.32 Å². The number of carbonyl (C=O) groups is 2. The molecular formula is C20H16BrFN2O2. The summed E-state index contributed by atoms with van der Waals surface area (Å²) >= 11 is 3.40. The molecule has 1 aromatic heterocycles. The lowest BCUT2D eigenvalue weighted by molar-refractivity contribution is -0.112. The van der Waals surface area contributed by atoms with Crippen molar-refractivity contribution in [1.82, 2.24) is 4.57 Å². The molecule has 0 fully saturated rings. The molecule has 132 valence electrons. The van der Waals surface area contributed by atoms with Crippen molar-refractivity contribution in [3.8, 4) is 0 Å². The molecule has 1 heterocycles. The van der Waals surface area contributed by atoms with E-state index in [0.29, 0.717) is 12.2 Å². The molecule has 0 bridgehead atoms. The van der Waals surface area contributed by atoms with E-state index in [4.69, 9.17) is 0 Å². The molecule has 1 N–H and O–H groups in total. The minimum atomic E-state index is -0.703. The van der Waals surface area contributed by atoms with E-state index in [1.54, 1.807) is 47.2 Å². The Morgan fingerprint density at radius 1 is 1.12 bits per heavy atom. The van der Waals surface area contributed by atoms with E-state index in [9.17, 15) is 14.0 Å². The van der Waals surface area contributed by atoms with Gasteiger partial charge in [-0.25, -0.2) is 4.39 Å². The van der Waals surface area contributed by atoms with Crippen LogP contribution in [0.3, 0.4) is 0 Å². The van der Waals surface area contributed by atoms with Crippen molar-refractivity contribution in [1.29, 1.82) is 0 Å². The van der Waals surface area contributed by atoms with Crippen molar-refractivity contribution >= 4 is 33.3 Å². The molecule has 4 nitrogen and oxygen atoms in total. The number of carbonyl (C=O) groups excluding carboxylic acids is 2. The van der Waals surface area contributed by atoms with Gasteiger partial charge in [-0.2, -0.15) is 0 Å². The minimum absolute atomic E-state index is 0.278. The van der Waals surface area contributed by atoms with Crippen LogP contribution in [0.25, 0.3) is 0 Å². The topological polar surface area (TPSA) is 51.1 Å². The lowest BCUT2D eigenvalue weighted by Crippen LogP contribution is -2.25. The van der Waals surface area contributed by atoms with Gasteiger partial charge >= 0.3 is 0 Å². The molecule has 0 aliphatic heterocycles. The second kappa shape index (κ2) is 7.66. The number of rotatable bonds is 5. The lowest BCUT2D eigenvalue weighted by atomic mass is 10.2. The van der Waals surface area contributed by atoms with E-state index in [-0.39, 0.29) is 11.5 Å². The van der Waals surface area contributed by atoms with E-state index in [1.165, 1.54) is 12.1 Å². The summed E-state index contributed by atoms with van der Waals surface area (Å²) in [4.78, 5) is 24.8. The van der Waals surface area contributed by atoms with Gasteiger partial charge in [0.1, 0.15) is 5.82 Å². The molecule has 0 aliphatic rings. The van der Waals surface area contributed by atoms with Crippen LogP contribution in [-0.4, -0.2) is 16.3 Å². The van der Waals surface area contributed by atoms with E-state index in [0.717, 1.165) is 15.6 Å². The molecular weight excluding hydrogens is 399 g/mol. The quantitative estimate of drug-likeness (QED) is 0.491. The van der Waals surface area contributed by atoms with Crippen LogP contribution in [0.4, 0.5) is 10.1 Å². The van der Waals surface area contributed by atoms with Crippen molar-refractivity contribution in [3.63, 3.8) is 0 Å². The van der Waals surface area contributed by atoms with E-state index < -0.39 is 11.7 Å². The zero-order valence-electron chi connectivity index (χ0n) is 14.0. The SMILES string of the molecule is Cc1cc(NC(=O)C(=O)c2cccn2Cc2ccc(F)cc2)ccc1Br. The normalized spacial score (nSPS) is 10.6. The summed E-state index contributed by atoms with van der Waals surface area (Å²) in [6.45, 7) is 2.27. The summed E-state index contributed by atoms with van der Waals surface area (Å²) in [5.74, 6) is -1.65. The lowest BCUT2D eigenvalue weighted by Gasteiger charge is -2.10. The van der Waals surface area contributed by atoms with Crippen molar-refractivity contribution in [3.05, 3.63) is 87.9 Å². The molecule has 6 heteroatoms. The summed E-state index contributed by atoms with van der Waals surface area (Å²) in [5.41, 5.74) is 2.62. The molecule has 0 unspecified atom stereocenters. The summed E-state index contributed by atoms with van der Waals surface area (Å²) in [6, 6.07) is 14.6. The van der Waals surface area contributed by atoms with E-state index in [2.05, 4.69) is 21.2 Å². The predicted molar refractivity (Wildman–Crippen MR) is 102 cm³/mol. The maximum Gasteiger partial charge on any atom is 0.298 e. The van der Waals surface area contributed by atoms with Gasteiger partial charge in [0, 0.05) is 22.9 Å². The molecule has 1 amide bonds. The smallest absolute Gasteiger partial charge is 0.298 e. The summed E-state index contributed by atoms with van der Waals surface area (Å²) < 4.78 is 15.6. The number of nitrogens with zero attached hydrogens (tertiary/aromatic N) is 1. The van der Waals surface area contributed by atoms with E-state index in [1.807, 2.05) is 13.0 Å². The van der Waals surface area contributed by atoms with Gasteiger partial charge in [-0.15, -0.1) is 0 Å². The molecule has 0 saturated carbocycles. The first-order valence-corrected chi connectivity index (χ1v) is 8.75. The number of aromatic nitrogens is 1. The number of amides is 1. The first kappa shape index (κ1) is 18.1. The fourth-order valence-corrected chi connectivity index (χ4v) is 2.82. The predicted octanol–water partition coefficient (Wildman–Crippen LogP) is 4.57. The highest BCUT2D eigenvalue weighted by Gasteiger charge is 2.20. The molecule has 0 aliphatic carbocycles. The molecule has 0 spiro atoms. The van der Waals surface area contributed by atoms with Gasteiger partial charge in [-0.1, -0.05) is 28.1 Å². The highest BCUT2D eigenvalue weighted by molar-refractivity contribution is 9.10. The number of benzene rings is 2. The van der Waals surface area contributed by atoms with Crippen LogP contribution in [-0.2, 0) is 11.3 Å². The number of halogens is 2. The van der Waals surface area contributed by atoms with Gasteiger partial charge in [-0.05, 0) is 60.5 Å². The van der Waals surface area contributed by atoms with Gasteiger partial charge < -0.3 is 9.88 Å². The van der Waals surface area contributed by atoms with Crippen LogP contribution in [0.2, 0.25) is 0 Å². The van der Waals surface area contributed by atoms with Crippen molar-refractivity contribution in [2.24, 2.45) is 0 Å².